The molecule has 0 unspecified atom stereocenters. The molecule has 2 rings (SSSR count). The fourth-order valence-electron chi connectivity index (χ4n) is 3.24. The summed E-state index contributed by atoms with van der Waals surface area (Å²) in [6.07, 6.45) is 1.58. The Morgan fingerprint density at radius 3 is 2.05 bits per heavy atom. The molecular formula is C27H31N3O7. The summed E-state index contributed by atoms with van der Waals surface area (Å²) in [5.41, 5.74) is 7.10. The molecule has 0 heterocycles. The number of hydrogen-bond donors (Lipinski definition) is 2. The van der Waals surface area contributed by atoms with Crippen molar-refractivity contribution in [3.05, 3.63) is 70.8 Å². The van der Waals surface area contributed by atoms with Crippen molar-refractivity contribution in [2.75, 3.05) is 19.8 Å². The van der Waals surface area contributed by atoms with Crippen molar-refractivity contribution in [2.45, 2.75) is 33.7 Å². The maximum atomic E-state index is 13.1. The van der Waals surface area contributed by atoms with Crippen molar-refractivity contribution in [1.29, 1.82) is 5.41 Å². The molecule has 37 heavy (non-hydrogen) atoms. The Labute approximate surface area is 215 Å². The molecule has 0 aliphatic rings. The van der Waals surface area contributed by atoms with Crippen LogP contribution in [0.4, 0.5) is 0 Å². The molecule has 3 N–H and O–H groups in total. The van der Waals surface area contributed by atoms with Crippen LogP contribution in [0.2, 0.25) is 0 Å². The average Bonchev–Trinajstić information content (AvgIpc) is 2.87. The number of nitrogens with one attached hydrogen (secondary N) is 1. The molecule has 1 atom stereocenters. The molecule has 0 aliphatic carbocycles. The lowest BCUT2D eigenvalue weighted by atomic mass is 10.1. The molecular weight excluding hydrogens is 478 g/mol. The number of hydrogen-bond acceptors (Lipinski definition) is 8. The predicted molar refractivity (Wildman–Crippen MR) is 137 cm³/mol. The first-order valence-corrected chi connectivity index (χ1v) is 11.7. The van der Waals surface area contributed by atoms with Crippen LogP contribution in [0.5, 0.6) is 5.75 Å². The first-order chi connectivity index (χ1) is 17.6. The number of amidine groups is 1. The van der Waals surface area contributed by atoms with Crippen LogP contribution >= 0.6 is 0 Å². The summed E-state index contributed by atoms with van der Waals surface area (Å²) < 4.78 is 15.3. The summed E-state index contributed by atoms with van der Waals surface area (Å²) in [5, 5.41) is 7.40. The summed E-state index contributed by atoms with van der Waals surface area (Å²) in [6, 6.07) is 11.6. The largest absolute Gasteiger partial charge is 0.465 e. The number of amides is 1. The number of ether oxygens (including phenoxy) is 3. The third-order valence-corrected chi connectivity index (χ3v) is 5.20. The lowest BCUT2D eigenvalue weighted by Gasteiger charge is -2.27. The second kappa shape index (κ2) is 13.6. The van der Waals surface area contributed by atoms with E-state index in [1.807, 2.05) is 0 Å². The molecule has 10 nitrogen and oxygen atoms in total. The Morgan fingerprint density at radius 1 is 0.946 bits per heavy atom. The lowest BCUT2D eigenvalue weighted by molar-refractivity contribution is -0.157. The SMILES string of the molecule is CCOC(=O)CN(C(=O)/C(C)=C/c1ccc(C(=O)Oc2ccc(C(=N)N)cc2)cc1)[C@H](C)C(=O)OCC. The molecule has 1 amide bonds. The van der Waals surface area contributed by atoms with Gasteiger partial charge in [-0.25, -0.2) is 9.59 Å². The number of rotatable bonds is 11. The van der Waals surface area contributed by atoms with E-state index >= 15 is 0 Å². The van der Waals surface area contributed by atoms with Gasteiger partial charge in [0.05, 0.1) is 18.8 Å². The number of nitrogen functional groups attached to an aromatic ring is 1. The molecule has 2 aromatic rings. The predicted octanol–water partition coefficient (Wildman–Crippen LogP) is 2.94. The molecule has 0 aromatic heterocycles. The summed E-state index contributed by atoms with van der Waals surface area (Å²) in [6.45, 7) is 6.21. The summed E-state index contributed by atoms with van der Waals surface area (Å²) in [7, 11) is 0. The molecule has 0 bridgehead atoms. The van der Waals surface area contributed by atoms with Gasteiger partial charge in [-0.2, -0.15) is 0 Å². The van der Waals surface area contributed by atoms with Crippen molar-refractivity contribution in [1.82, 2.24) is 4.90 Å². The molecule has 0 saturated carbocycles. The maximum Gasteiger partial charge on any atom is 0.343 e. The molecule has 2 aromatic carbocycles. The van der Waals surface area contributed by atoms with Crippen LogP contribution in [-0.2, 0) is 23.9 Å². The van der Waals surface area contributed by atoms with E-state index in [0.717, 1.165) is 4.90 Å². The number of nitrogens with zero attached hydrogens (tertiary/aromatic N) is 1. The Hall–Kier alpha value is -4.47. The summed E-state index contributed by atoms with van der Waals surface area (Å²) >= 11 is 0. The van der Waals surface area contributed by atoms with Crippen LogP contribution in [0.15, 0.2) is 54.1 Å². The number of carbonyl (C=O) groups excluding carboxylic acids is 4. The van der Waals surface area contributed by atoms with Crippen molar-refractivity contribution in [3.63, 3.8) is 0 Å². The van der Waals surface area contributed by atoms with Crippen molar-refractivity contribution >= 4 is 35.7 Å². The Kier molecular flexibility index (Phi) is 10.6. The zero-order valence-corrected chi connectivity index (χ0v) is 21.3. The number of esters is 3. The minimum absolute atomic E-state index is 0.0883. The van der Waals surface area contributed by atoms with Gasteiger partial charge < -0.3 is 24.8 Å². The molecule has 0 saturated heterocycles. The van der Waals surface area contributed by atoms with E-state index in [-0.39, 0.29) is 30.2 Å². The fraction of sp³-hybridized carbons (Fsp3) is 0.296. The minimum atomic E-state index is -0.998. The minimum Gasteiger partial charge on any atom is -0.465 e. The first-order valence-electron chi connectivity index (χ1n) is 11.7. The van der Waals surface area contributed by atoms with Crippen molar-refractivity contribution in [3.8, 4) is 5.75 Å². The Balaban J connectivity index is 2.15. The summed E-state index contributed by atoms with van der Waals surface area (Å²) in [4.78, 5) is 51.0. The quantitative estimate of drug-likeness (QED) is 0.154. The molecule has 0 fully saturated rings. The average molecular weight is 510 g/mol. The van der Waals surface area contributed by atoms with Crippen LogP contribution in [0.25, 0.3) is 6.08 Å². The first kappa shape index (κ1) is 28.8. The van der Waals surface area contributed by atoms with Gasteiger partial charge in [0.25, 0.3) is 5.91 Å². The zero-order valence-electron chi connectivity index (χ0n) is 21.3. The normalized spacial score (nSPS) is 11.7. The monoisotopic (exact) mass is 509 g/mol. The van der Waals surface area contributed by atoms with Crippen LogP contribution in [0.3, 0.4) is 0 Å². The van der Waals surface area contributed by atoms with E-state index in [4.69, 9.17) is 25.4 Å². The third kappa shape index (κ3) is 8.31. The Bertz CT molecular complexity index is 1170. The Morgan fingerprint density at radius 2 is 1.51 bits per heavy atom. The number of benzene rings is 2. The highest BCUT2D eigenvalue weighted by Gasteiger charge is 2.30. The standard InChI is InChI=1S/C27H31N3O7/c1-5-35-23(31)16-30(18(4)26(33)36-6-2)25(32)17(3)15-19-7-9-21(10-8-19)27(34)37-22-13-11-20(12-14-22)24(28)29/h7-15,18H,5-6,16H2,1-4H3,(H3,28,29)/b17-15+/t18-/m1/s1. The van der Waals surface area contributed by atoms with Gasteiger partial charge in [-0.05, 0) is 75.7 Å². The number of carbonyl (C=O) groups is 4. The van der Waals surface area contributed by atoms with Crippen LogP contribution < -0.4 is 10.5 Å². The van der Waals surface area contributed by atoms with Gasteiger partial charge in [-0.15, -0.1) is 0 Å². The van der Waals surface area contributed by atoms with Crippen molar-refractivity contribution < 1.29 is 33.4 Å². The van der Waals surface area contributed by atoms with Gasteiger partial charge in [0.1, 0.15) is 24.2 Å². The highest BCUT2D eigenvalue weighted by Crippen LogP contribution is 2.17. The van der Waals surface area contributed by atoms with E-state index in [1.165, 1.54) is 6.92 Å². The molecule has 196 valence electrons. The van der Waals surface area contributed by atoms with Crippen LogP contribution in [-0.4, -0.2) is 60.4 Å². The van der Waals surface area contributed by atoms with E-state index < -0.39 is 36.4 Å². The van der Waals surface area contributed by atoms with Crippen molar-refractivity contribution in [2.24, 2.45) is 5.73 Å². The molecule has 0 aliphatic heterocycles. The molecule has 10 heteroatoms. The van der Waals surface area contributed by atoms with Gasteiger partial charge in [0, 0.05) is 11.1 Å². The number of nitrogens with two attached hydrogens (primary N) is 1. The van der Waals surface area contributed by atoms with Gasteiger partial charge in [-0.3, -0.25) is 15.0 Å². The molecule has 0 spiro atoms. The van der Waals surface area contributed by atoms with Gasteiger partial charge in [-0.1, -0.05) is 12.1 Å². The topological polar surface area (TPSA) is 149 Å². The van der Waals surface area contributed by atoms with Crippen LogP contribution in [0.1, 0.15) is 49.2 Å². The van der Waals surface area contributed by atoms with Gasteiger partial charge in [0.2, 0.25) is 0 Å². The second-order valence-corrected chi connectivity index (χ2v) is 7.94. The van der Waals surface area contributed by atoms with E-state index in [9.17, 15) is 19.2 Å². The van der Waals surface area contributed by atoms with Gasteiger partial charge >= 0.3 is 17.9 Å². The third-order valence-electron chi connectivity index (χ3n) is 5.20. The van der Waals surface area contributed by atoms with E-state index in [0.29, 0.717) is 16.9 Å². The zero-order chi connectivity index (χ0) is 27.5. The second-order valence-electron chi connectivity index (χ2n) is 7.94. The fourth-order valence-corrected chi connectivity index (χ4v) is 3.24. The van der Waals surface area contributed by atoms with Gasteiger partial charge in [0.15, 0.2) is 0 Å². The highest BCUT2D eigenvalue weighted by molar-refractivity contribution is 6.01. The highest BCUT2D eigenvalue weighted by atomic mass is 16.5. The van der Waals surface area contributed by atoms with E-state index in [2.05, 4.69) is 0 Å². The van der Waals surface area contributed by atoms with Crippen LogP contribution in [0, 0.1) is 5.41 Å². The smallest absolute Gasteiger partial charge is 0.343 e. The lowest BCUT2D eigenvalue weighted by Crippen LogP contribution is -2.47. The summed E-state index contributed by atoms with van der Waals surface area (Å²) in [5.74, 6) is -2.17. The van der Waals surface area contributed by atoms with E-state index in [1.54, 1.807) is 75.4 Å². The maximum absolute atomic E-state index is 13.1. The molecule has 0 radical (unpaired) electrons.